The van der Waals surface area contributed by atoms with Crippen molar-refractivity contribution in [3.05, 3.63) is 48.0 Å². The first-order valence-corrected chi connectivity index (χ1v) is 7.39. The lowest BCUT2D eigenvalue weighted by Gasteiger charge is -2.08. The lowest BCUT2D eigenvalue weighted by molar-refractivity contribution is 0.102. The smallest absolute Gasteiger partial charge is 0.255 e. The van der Waals surface area contributed by atoms with Crippen molar-refractivity contribution >= 4 is 22.6 Å². The number of nitrogens with zero attached hydrogens (tertiary/aromatic N) is 3. The number of carbonyl (C=O) groups excluding carboxylic acids is 1. The molecule has 0 radical (unpaired) electrons. The van der Waals surface area contributed by atoms with Crippen molar-refractivity contribution in [3.63, 3.8) is 0 Å². The monoisotopic (exact) mass is 310 g/mol. The maximum absolute atomic E-state index is 12.4. The highest BCUT2D eigenvalue weighted by molar-refractivity contribution is 6.05. The van der Waals surface area contributed by atoms with Gasteiger partial charge in [0.25, 0.3) is 5.91 Å². The molecule has 0 aliphatic heterocycles. The molecule has 1 amide bonds. The van der Waals surface area contributed by atoms with E-state index in [0.29, 0.717) is 22.5 Å². The first kappa shape index (κ1) is 15.0. The van der Waals surface area contributed by atoms with E-state index in [1.807, 2.05) is 42.8 Å². The van der Waals surface area contributed by atoms with Gasteiger partial charge in [-0.2, -0.15) is 0 Å². The molecule has 0 aliphatic carbocycles. The molecule has 0 saturated carbocycles. The van der Waals surface area contributed by atoms with Gasteiger partial charge < -0.3 is 10.1 Å². The van der Waals surface area contributed by atoms with Gasteiger partial charge in [-0.05, 0) is 44.2 Å². The van der Waals surface area contributed by atoms with E-state index in [9.17, 15) is 4.79 Å². The van der Waals surface area contributed by atoms with E-state index in [-0.39, 0.29) is 11.9 Å². The summed E-state index contributed by atoms with van der Waals surface area (Å²) in [5.41, 5.74) is 2.84. The Morgan fingerprint density at radius 3 is 2.78 bits per heavy atom. The SMILES string of the molecule is COc1cccc(NC(=O)c2ccc3c(c2)nnn3C(C)C)c1. The van der Waals surface area contributed by atoms with Crippen molar-refractivity contribution in [2.75, 3.05) is 12.4 Å². The van der Waals surface area contributed by atoms with Gasteiger partial charge in [0.15, 0.2) is 0 Å². The minimum Gasteiger partial charge on any atom is -0.497 e. The maximum atomic E-state index is 12.4. The van der Waals surface area contributed by atoms with Gasteiger partial charge in [0.2, 0.25) is 0 Å². The molecule has 6 nitrogen and oxygen atoms in total. The van der Waals surface area contributed by atoms with Crippen molar-refractivity contribution in [1.29, 1.82) is 0 Å². The van der Waals surface area contributed by atoms with Crippen LogP contribution in [0, 0.1) is 0 Å². The molecule has 0 spiro atoms. The minimum atomic E-state index is -0.195. The van der Waals surface area contributed by atoms with Crippen LogP contribution in [0.15, 0.2) is 42.5 Å². The number of ether oxygens (including phenoxy) is 1. The van der Waals surface area contributed by atoms with E-state index in [4.69, 9.17) is 4.74 Å². The summed E-state index contributed by atoms with van der Waals surface area (Å²) in [5.74, 6) is 0.498. The standard InChI is InChI=1S/C17H18N4O2/c1-11(2)21-16-8-7-12(9-15(16)19-20-21)17(22)18-13-5-4-6-14(10-13)23-3/h4-11H,1-3H3,(H,18,22). The number of methoxy groups -OCH3 is 1. The van der Waals surface area contributed by atoms with Gasteiger partial charge in [-0.15, -0.1) is 5.10 Å². The van der Waals surface area contributed by atoms with Crippen LogP contribution in [0.3, 0.4) is 0 Å². The van der Waals surface area contributed by atoms with Crippen LogP contribution in [0.2, 0.25) is 0 Å². The maximum Gasteiger partial charge on any atom is 0.255 e. The molecule has 2 aromatic carbocycles. The summed E-state index contributed by atoms with van der Waals surface area (Å²) in [4.78, 5) is 12.4. The van der Waals surface area contributed by atoms with Crippen molar-refractivity contribution in [2.45, 2.75) is 19.9 Å². The third-order valence-corrected chi connectivity index (χ3v) is 3.55. The average molecular weight is 310 g/mol. The predicted molar refractivity (Wildman–Crippen MR) is 88.9 cm³/mol. The van der Waals surface area contributed by atoms with Gasteiger partial charge in [0.1, 0.15) is 11.3 Å². The number of hydrogen-bond acceptors (Lipinski definition) is 4. The largest absolute Gasteiger partial charge is 0.497 e. The van der Waals surface area contributed by atoms with E-state index in [2.05, 4.69) is 15.6 Å². The Hall–Kier alpha value is -2.89. The summed E-state index contributed by atoms with van der Waals surface area (Å²) in [6, 6.07) is 12.8. The quantitative estimate of drug-likeness (QED) is 0.803. The van der Waals surface area contributed by atoms with Crippen LogP contribution in [0.4, 0.5) is 5.69 Å². The predicted octanol–water partition coefficient (Wildman–Crippen LogP) is 3.27. The highest BCUT2D eigenvalue weighted by Crippen LogP contribution is 2.20. The van der Waals surface area contributed by atoms with Gasteiger partial charge >= 0.3 is 0 Å². The van der Waals surface area contributed by atoms with Crippen molar-refractivity contribution < 1.29 is 9.53 Å². The second kappa shape index (κ2) is 6.08. The fraction of sp³-hybridized carbons (Fsp3) is 0.235. The molecule has 6 heteroatoms. The fourth-order valence-corrected chi connectivity index (χ4v) is 2.37. The molecular weight excluding hydrogens is 292 g/mol. The van der Waals surface area contributed by atoms with E-state index in [1.165, 1.54) is 0 Å². The molecule has 1 N–H and O–H groups in total. The summed E-state index contributed by atoms with van der Waals surface area (Å²) in [6.45, 7) is 4.08. The van der Waals surface area contributed by atoms with Gasteiger partial charge in [0, 0.05) is 23.4 Å². The summed E-state index contributed by atoms with van der Waals surface area (Å²) < 4.78 is 6.99. The number of benzene rings is 2. The Morgan fingerprint density at radius 2 is 2.04 bits per heavy atom. The molecule has 3 rings (SSSR count). The molecule has 0 saturated heterocycles. The molecule has 118 valence electrons. The first-order valence-electron chi connectivity index (χ1n) is 7.39. The average Bonchev–Trinajstić information content (AvgIpc) is 2.98. The number of aromatic nitrogens is 3. The summed E-state index contributed by atoms with van der Waals surface area (Å²) in [7, 11) is 1.59. The van der Waals surface area contributed by atoms with Gasteiger partial charge in [0.05, 0.1) is 12.6 Å². The molecule has 0 bridgehead atoms. The number of nitrogens with one attached hydrogen (secondary N) is 1. The Bertz CT molecular complexity index is 855. The van der Waals surface area contributed by atoms with E-state index in [1.54, 1.807) is 25.3 Å². The van der Waals surface area contributed by atoms with E-state index in [0.717, 1.165) is 5.52 Å². The molecule has 0 aliphatic rings. The number of rotatable bonds is 4. The zero-order valence-corrected chi connectivity index (χ0v) is 13.3. The Labute approximate surface area is 134 Å². The number of carbonyl (C=O) groups is 1. The van der Waals surface area contributed by atoms with Crippen LogP contribution in [0.1, 0.15) is 30.2 Å². The number of anilines is 1. The summed E-state index contributed by atoms with van der Waals surface area (Å²) in [5, 5.41) is 11.1. The van der Waals surface area contributed by atoms with Gasteiger partial charge in [-0.1, -0.05) is 11.3 Å². The zero-order chi connectivity index (χ0) is 16.4. The van der Waals surface area contributed by atoms with Gasteiger partial charge in [-0.25, -0.2) is 4.68 Å². The van der Waals surface area contributed by atoms with Crippen molar-refractivity contribution in [2.24, 2.45) is 0 Å². The normalized spacial score (nSPS) is 11.0. The van der Waals surface area contributed by atoms with Gasteiger partial charge in [-0.3, -0.25) is 4.79 Å². The highest BCUT2D eigenvalue weighted by atomic mass is 16.5. The minimum absolute atomic E-state index is 0.195. The van der Waals surface area contributed by atoms with Crippen LogP contribution < -0.4 is 10.1 Å². The molecule has 0 atom stereocenters. The van der Waals surface area contributed by atoms with E-state index < -0.39 is 0 Å². The lowest BCUT2D eigenvalue weighted by Crippen LogP contribution is -2.11. The van der Waals surface area contributed by atoms with E-state index >= 15 is 0 Å². The second-order valence-corrected chi connectivity index (χ2v) is 5.52. The number of amides is 1. The number of fused-ring (bicyclic) bond motifs is 1. The van der Waals surface area contributed by atoms with Crippen LogP contribution in [0.25, 0.3) is 11.0 Å². The number of hydrogen-bond donors (Lipinski definition) is 1. The molecule has 0 fully saturated rings. The third kappa shape index (κ3) is 3.01. The van der Waals surface area contributed by atoms with Crippen LogP contribution in [-0.4, -0.2) is 28.0 Å². The van der Waals surface area contributed by atoms with Crippen LogP contribution >= 0.6 is 0 Å². The fourth-order valence-electron chi connectivity index (χ4n) is 2.37. The molecule has 3 aromatic rings. The van der Waals surface area contributed by atoms with Crippen LogP contribution in [0.5, 0.6) is 5.75 Å². The summed E-state index contributed by atoms with van der Waals surface area (Å²) >= 11 is 0. The Morgan fingerprint density at radius 1 is 1.22 bits per heavy atom. The topological polar surface area (TPSA) is 69.0 Å². The lowest BCUT2D eigenvalue weighted by atomic mass is 10.1. The highest BCUT2D eigenvalue weighted by Gasteiger charge is 2.12. The Balaban J connectivity index is 1.86. The molecular formula is C17H18N4O2. The molecule has 0 unspecified atom stereocenters. The molecule has 1 aromatic heterocycles. The van der Waals surface area contributed by atoms with Crippen LogP contribution in [-0.2, 0) is 0 Å². The zero-order valence-electron chi connectivity index (χ0n) is 13.3. The van der Waals surface area contributed by atoms with Crippen molar-refractivity contribution in [1.82, 2.24) is 15.0 Å². The first-order chi connectivity index (χ1) is 11.1. The Kier molecular flexibility index (Phi) is 3.97. The molecule has 1 heterocycles. The summed E-state index contributed by atoms with van der Waals surface area (Å²) in [6.07, 6.45) is 0. The second-order valence-electron chi connectivity index (χ2n) is 5.52. The third-order valence-electron chi connectivity index (χ3n) is 3.55. The van der Waals surface area contributed by atoms with Crippen molar-refractivity contribution in [3.8, 4) is 5.75 Å². The molecule has 23 heavy (non-hydrogen) atoms.